The van der Waals surface area contributed by atoms with Crippen LogP contribution in [0.5, 0.6) is 0 Å². The van der Waals surface area contributed by atoms with Crippen molar-refractivity contribution in [3.05, 3.63) is 47.4 Å². The van der Waals surface area contributed by atoms with Crippen LogP contribution < -0.4 is 5.32 Å². The van der Waals surface area contributed by atoms with Crippen LogP contribution in [0.1, 0.15) is 45.0 Å². The third kappa shape index (κ3) is 3.13. The van der Waals surface area contributed by atoms with E-state index in [9.17, 15) is 14.8 Å². The first-order valence-corrected chi connectivity index (χ1v) is 7.36. The number of nitrogens with zero attached hydrogens (tertiary/aromatic N) is 1. The molecule has 6 heteroatoms. The smallest absolute Gasteiger partial charge is 0.308 e. The van der Waals surface area contributed by atoms with Gasteiger partial charge in [0.1, 0.15) is 5.66 Å². The molecule has 123 valence electrons. The van der Waals surface area contributed by atoms with Crippen LogP contribution in [0.3, 0.4) is 0 Å². The highest BCUT2D eigenvalue weighted by molar-refractivity contribution is 6.09. The summed E-state index contributed by atoms with van der Waals surface area (Å²) in [7, 11) is 0. The van der Waals surface area contributed by atoms with Gasteiger partial charge in [-0.05, 0) is 27.7 Å². The molecule has 0 unspecified atom stereocenters. The van der Waals surface area contributed by atoms with Gasteiger partial charge in [-0.2, -0.15) is 0 Å². The number of ether oxygens (including phenoxy) is 1. The second-order valence-electron chi connectivity index (χ2n) is 6.53. The van der Waals surface area contributed by atoms with Crippen molar-refractivity contribution in [2.24, 2.45) is 0 Å². The van der Waals surface area contributed by atoms with Gasteiger partial charge < -0.3 is 10.1 Å². The average Bonchev–Trinajstić information content (AvgIpc) is 2.65. The van der Waals surface area contributed by atoms with Crippen LogP contribution >= 0.6 is 0 Å². The van der Waals surface area contributed by atoms with Gasteiger partial charge in [0.25, 0.3) is 0 Å². The maximum atomic E-state index is 12.8. The number of Topliss-reactive ketones (excluding diaryl/α,β-unsaturated/α-hetero) is 1. The Bertz CT molecular complexity index is 662. The second kappa shape index (κ2) is 5.79. The molecule has 1 aliphatic heterocycles. The lowest BCUT2D eigenvalue weighted by molar-refractivity contribution is -0.243. The predicted octanol–water partition coefficient (Wildman–Crippen LogP) is 2.41. The number of esters is 1. The quantitative estimate of drug-likeness (QED) is 0.401. The van der Waals surface area contributed by atoms with Gasteiger partial charge in [0.05, 0.1) is 11.2 Å². The van der Waals surface area contributed by atoms with Crippen molar-refractivity contribution in [2.75, 3.05) is 0 Å². The van der Waals surface area contributed by atoms with Crippen molar-refractivity contribution in [1.82, 2.24) is 10.4 Å². The molecule has 1 fully saturated rings. The van der Waals surface area contributed by atoms with Crippen molar-refractivity contribution < 1.29 is 19.5 Å². The van der Waals surface area contributed by atoms with E-state index < -0.39 is 23.0 Å². The van der Waals surface area contributed by atoms with Crippen molar-refractivity contribution >= 4 is 11.8 Å². The fourth-order valence-electron chi connectivity index (χ4n) is 2.72. The van der Waals surface area contributed by atoms with E-state index in [4.69, 9.17) is 4.74 Å². The second-order valence-corrected chi connectivity index (χ2v) is 6.53. The minimum Gasteiger partial charge on any atom is -0.421 e. The lowest BCUT2D eigenvalue weighted by Gasteiger charge is -2.29. The Hall–Kier alpha value is -2.18. The first kappa shape index (κ1) is 17.2. The summed E-state index contributed by atoms with van der Waals surface area (Å²) in [6, 6.07) is 8.50. The predicted molar refractivity (Wildman–Crippen MR) is 83.4 cm³/mol. The lowest BCUT2D eigenvalue weighted by atomic mass is 9.97. The molecule has 0 aromatic heterocycles. The number of hydrogen-bond acceptors (Lipinski definition) is 5. The number of hydrogen-bond donors (Lipinski definition) is 1. The third-order valence-electron chi connectivity index (χ3n) is 3.77. The van der Waals surface area contributed by atoms with Gasteiger partial charge in [0.15, 0.2) is 5.76 Å². The fraction of sp³-hybridized carbons (Fsp3) is 0.412. The molecule has 23 heavy (non-hydrogen) atoms. The van der Waals surface area contributed by atoms with E-state index in [2.05, 4.69) is 5.32 Å². The number of benzene rings is 1. The normalized spacial score (nSPS) is 21.5. The molecule has 1 heterocycles. The zero-order valence-corrected chi connectivity index (χ0v) is 14.0. The van der Waals surface area contributed by atoms with Gasteiger partial charge in [-0.15, -0.1) is 10.3 Å². The van der Waals surface area contributed by atoms with Gasteiger partial charge >= 0.3 is 5.97 Å². The molecule has 0 atom stereocenters. The number of rotatable bonds is 3. The monoisotopic (exact) mass is 317 g/mol. The molecule has 2 rings (SSSR count). The lowest BCUT2D eigenvalue weighted by Crippen LogP contribution is -2.47. The summed E-state index contributed by atoms with van der Waals surface area (Å²) in [5.74, 6) is -1.20. The number of ketones is 1. The standard InChI is InChI=1S/C17H21N2O4/c1-11(20)23-14(13(21)12-9-7-6-8-10-12)15-16(2,3)19(22)17(4,5)18-15/h6-10,18H,1-5H3/b15-14+. The molecule has 0 saturated carbocycles. The Balaban J connectivity index is 2.59. The molecule has 0 amide bonds. The summed E-state index contributed by atoms with van der Waals surface area (Å²) in [5.41, 5.74) is -1.25. The molecule has 1 N–H and O–H groups in total. The zero-order valence-electron chi connectivity index (χ0n) is 14.0. The molecule has 1 aromatic rings. The number of allylic oxidation sites excluding steroid dienone is 1. The van der Waals surface area contributed by atoms with E-state index in [1.54, 1.807) is 58.0 Å². The van der Waals surface area contributed by atoms with Crippen LogP contribution in [0.4, 0.5) is 0 Å². The molecule has 0 spiro atoms. The Labute approximate surface area is 135 Å². The molecule has 0 aliphatic carbocycles. The van der Waals surface area contributed by atoms with Crippen LogP contribution in [-0.2, 0) is 14.7 Å². The van der Waals surface area contributed by atoms with Crippen LogP contribution in [0, 0.1) is 0 Å². The van der Waals surface area contributed by atoms with Crippen LogP contribution in [0.15, 0.2) is 41.8 Å². The van der Waals surface area contributed by atoms with E-state index in [1.807, 2.05) is 0 Å². The molecule has 1 radical (unpaired) electrons. The maximum Gasteiger partial charge on any atom is 0.308 e. The van der Waals surface area contributed by atoms with E-state index in [0.29, 0.717) is 11.3 Å². The topological polar surface area (TPSA) is 78.5 Å². The molecule has 1 saturated heterocycles. The van der Waals surface area contributed by atoms with Gasteiger partial charge in [-0.25, -0.2) is 0 Å². The van der Waals surface area contributed by atoms with Crippen molar-refractivity contribution in [3.8, 4) is 0 Å². The summed E-state index contributed by atoms with van der Waals surface area (Å²) in [6.45, 7) is 7.98. The average molecular weight is 317 g/mol. The fourth-order valence-corrected chi connectivity index (χ4v) is 2.72. The molecule has 6 nitrogen and oxygen atoms in total. The van der Waals surface area contributed by atoms with Gasteiger partial charge in [-0.3, -0.25) is 9.59 Å². The van der Waals surface area contributed by atoms with Crippen LogP contribution in [0.2, 0.25) is 0 Å². The van der Waals surface area contributed by atoms with Crippen molar-refractivity contribution in [1.29, 1.82) is 0 Å². The first-order valence-electron chi connectivity index (χ1n) is 7.36. The Morgan fingerprint density at radius 2 is 1.65 bits per heavy atom. The third-order valence-corrected chi connectivity index (χ3v) is 3.77. The highest BCUT2D eigenvalue weighted by Crippen LogP contribution is 2.37. The molecule has 1 aromatic carbocycles. The summed E-state index contributed by atoms with van der Waals surface area (Å²) >= 11 is 0. The molecule has 0 bridgehead atoms. The SMILES string of the molecule is CC(=O)O/C(C(=O)c1ccccc1)=C1/NC(C)(C)N([O])C1(C)C. The minimum absolute atomic E-state index is 0.139. The van der Waals surface area contributed by atoms with Crippen LogP contribution in [-0.4, -0.2) is 28.0 Å². The Morgan fingerprint density at radius 1 is 1.09 bits per heavy atom. The number of carbonyl (C=O) groups is 2. The van der Waals surface area contributed by atoms with Crippen molar-refractivity contribution in [3.63, 3.8) is 0 Å². The first-order chi connectivity index (χ1) is 10.6. The summed E-state index contributed by atoms with van der Waals surface area (Å²) < 4.78 is 5.19. The van der Waals surface area contributed by atoms with E-state index in [-0.39, 0.29) is 5.76 Å². The maximum absolute atomic E-state index is 12.8. The summed E-state index contributed by atoms with van der Waals surface area (Å²) in [4.78, 5) is 24.2. The molecular weight excluding hydrogens is 296 g/mol. The van der Waals surface area contributed by atoms with Gasteiger partial charge in [-0.1, -0.05) is 30.3 Å². The van der Waals surface area contributed by atoms with Gasteiger partial charge in [0.2, 0.25) is 5.78 Å². The summed E-state index contributed by atoms with van der Waals surface area (Å²) in [6.07, 6.45) is 0. The summed E-state index contributed by atoms with van der Waals surface area (Å²) in [5, 5.41) is 16.4. The number of hydroxylamine groups is 2. The van der Waals surface area contributed by atoms with E-state index >= 15 is 0 Å². The van der Waals surface area contributed by atoms with Gasteiger partial charge in [0, 0.05) is 12.5 Å². The highest BCUT2D eigenvalue weighted by atomic mass is 16.5. The van der Waals surface area contributed by atoms with E-state index in [0.717, 1.165) is 5.06 Å². The highest BCUT2D eigenvalue weighted by Gasteiger charge is 2.51. The minimum atomic E-state index is -1.03. The number of nitrogens with one attached hydrogen (secondary N) is 1. The van der Waals surface area contributed by atoms with E-state index in [1.165, 1.54) is 6.92 Å². The largest absolute Gasteiger partial charge is 0.421 e. The molecule has 1 aliphatic rings. The Morgan fingerprint density at radius 3 is 2.09 bits per heavy atom. The van der Waals surface area contributed by atoms with Crippen LogP contribution in [0.25, 0.3) is 0 Å². The number of carbonyl (C=O) groups excluding carboxylic acids is 2. The molecular formula is C17H21N2O4. The Kier molecular flexibility index (Phi) is 4.32. The van der Waals surface area contributed by atoms with Crippen molar-refractivity contribution in [2.45, 2.75) is 45.8 Å². The zero-order chi connectivity index (χ0) is 17.4.